The van der Waals surface area contributed by atoms with Gasteiger partial charge in [-0.3, -0.25) is 11.5 Å². The van der Waals surface area contributed by atoms with Crippen molar-refractivity contribution in [2.24, 2.45) is 11.5 Å². The van der Waals surface area contributed by atoms with Gasteiger partial charge in [0.15, 0.2) is 0 Å². The topological polar surface area (TPSA) is 70.5 Å². The summed E-state index contributed by atoms with van der Waals surface area (Å²) >= 11 is 0. The highest BCUT2D eigenvalue weighted by molar-refractivity contribution is 5.86. The Morgan fingerprint density at radius 2 is 0.903 bits per heavy atom. The van der Waals surface area contributed by atoms with Crippen molar-refractivity contribution in [1.29, 1.82) is 0 Å². The molecule has 4 aromatic rings. The molecule has 1 aliphatic carbocycles. The molecule has 0 aliphatic heterocycles. The van der Waals surface area contributed by atoms with Crippen LogP contribution in [0.5, 0.6) is 11.5 Å². The summed E-state index contributed by atoms with van der Waals surface area (Å²) in [6.07, 6.45) is 0. The second-order valence-corrected chi connectivity index (χ2v) is 7.51. The summed E-state index contributed by atoms with van der Waals surface area (Å²) in [6, 6.07) is 33.7. The van der Waals surface area contributed by atoms with Gasteiger partial charge in [-0.25, -0.2) is 0 Å². The van der Waals surface area contributed by atoms with Crippen molar-refractivity contribution >= 4 is 0 Å². The Morgan fingerprint density at radius 1 is 0.516 bits per heavy atom. The summed E-state index contributed by atoms with van der Waals surface area (Å²) in [5.74, 6) is 1.51. The molecule has 0 saturated carbocycles. The predicted molar refractivity (Wildman–Crippen MR) is 123 cm³/mol. The Bertz CT molecular complexity index is 1100. The maximum Gasteiger partial charge on any atom is 0.137 e. The fourth-order valence-electron chi connectivity index (χ4n) is 4.82. The number of ether oxygens (including phenoxy) is 2. The molecule has 154 valence electrons. The number of benzene rings is 4. The molecule has 1 aliphatic rings. The fraction of sp³-hybridized carbons (Fsp3) is 0.111. The van der Waals surface area contributed by atoms with Crippen LogP contribution in [-0.4, -0.2) is 13.5 Å². The zero-order valence-corrected chi connectivity index (χ0v) is 17.1. The van der Waals surface area contributed by atoms with E-state index in [4.69, 9.17) is 20.9 Å². The Balaban J connectivity index is 1.80. The van der Waals surface area contributed by atoms with E-state index in [0.717, 1.165) is 11.5 Å². The molecule has 31 heavy (non-hydrogen) atoms. The third kappa shape index (κ3) is 3.00. The van der Waals surface area contributed by atoms with Crippen LogP contribution in [0.3, 0.4) is 0 Å². The lowest BCUT2D eigenvalue weighted by molar-refractivity contribution is 0.329. The Kier molecular flexibility index (Phi) is 4.94. The van der Waals surface area contributed by atoms with E-state index >= 15 is 0 Å². The summed E-state index contributed by atoms with van der Waals surface area (Å²) in [5.41, 5.74) is 18.0. The smallest absolute Gasteiger partial charge is 0.137 e. The van der Waals surface area contributed by atoms with Crippen LogP contribution in [0, 0.1) is 0 Å². The zero-order chi connectivity index (χ0) is 21.3. The van der Waals surface area contributed by atoms with Crippen molar-refractivity contribution in [3.8, 4) is 22.6 Å². The van der Waals surface area contributed by atoms with Gasteiger partial charge in [0.25, 0.3) is 0 Å². The summed E-state index contributed by atoms with van der Waals surface area (Å²) in [7, 11) is 0. The van der Waals surface area contributed by atoms with Crippen molar-refractivity contribution < 1.29 is 9.47 Å². The third-order valence-corrected chi connectivity index (χ3v) is 6.03. The van der Waals surface area contributed by atoms with E-state index in [9.17, 15) is 0 Å². The van der Waals surface area contributed by atoms with Crippen LogP contribution in [0.25, 0.3) is 11.1 Å². The second-order valence-electron chi connectivity index (χ2n) is 7.51. The van der Waals surface area contributed by atoms with Crippen LogP contribution >= 0.6 is 0 Å². The van der Waals surface area contributed by atoms with E-state index in [1.807, 2.05) is 24.3 Å². The van der Waals surface area contributed by atoms with Gasteiger partial charge in [0.1, 0.15) is 25.0 Å². The highest BCUT2D eigenvalue weighted by Gasteiger charge is 2.45. The summed E-state index contributed by atoms with van der Waals surface area (Å²) < 4.78 is 11.0. The molecule has 4 heteroatoms. The molecular weight excluding hydrogens is 384 g/mol. The van der Waals surface area contributed by atoms with Gasteiger partial charge >= 0.3 is 0 Å². The predicted octanol–water partition coefficient (Wildman–Crippen LogP) is 4.64. The van der Waals surface area contributed by atoms with Crippen LogP contribution in [0.15, 0.2) is 97.1 Å². The Morgan fingerprint density at radius 3 is 1.29 bits per heavy atom. The fourth-order valence-corrected chi connectivity index (χ4v) is 4.82. The van der Waals surface area contributed by atoms with Crippen LogP contribution in [0.1, 0.15) is 22.3 Å². The molecular formula is C27H24N2O2. The zero-order valence-electron chi connectivity index (χ0n) is 17.1. The molecule has 0 spiro atoms. The van der Waals surface area contributed by atoms with Gasteiger partial charge in [-0.2, -0.15) is 0 Å². The lowest BCUT2D eigenvalue weighted by Crippen LogP contribution is -2.28. The summed E-state index contributed by atoms with van der Waals surface area (Å²) in [6.45, 7) is 0.303. The number of hydrogen-bond donors (Lipinski definition) is 2. The first-order valence-electron chi connectivity index (χ1n) is 10.3. The Hall–Kier alpha value is -3.60. The monoisotopic (exact) mass is 408 g/mol. The molecule has 0 atom stereocenters. The van der Waals surface area contributed by atoms with Gasteiger partial charge in [-0.05, 0) is 57.6 Å². The van der Waals surface area contributed by atoms with Crippen molar-refractivity contribution in [3.63, 3.8) is 0 Å². The van der Waals surface area contributed by atoms with Crippen LogP contribution in [0.2, 0.25) is 0 Å². The molecule has 0 amide bonds. The number of hydrogen-bond acceptors (Lipinski definition) is 4. The number of fused-ring (bicyclic) bond motifs is 3. The minimum Gasteiger partial charge on any atom is -0.479 e. The lowest BCUT2D eigenvalue weighted by Gasteiger charge is -2.34. The van der Waals surface area contributed by atoms with E-state index in [1.165, 1.54) is 33.4 Å². The average molecular weight is 409 g/mol. The van der Waals surface area contributed by atoms with Crippen LogP contribution in [-0.2, 0) is 5.41 Å². The van der Waals surface area contributed by atoms with Gasteiger partial charge in [0.2, 0.25) is 0 Å². The van der Waals surface area contributed by atoms with Gasteiger partial charge in [-0.15, -0.1) is 0 Å². The molecule has 5 rings (SSSR count). The van der Waals surface area contributed by atoms with Crippen LogP contribution < -0.4 is 20.9 Å². The minimum absolute atomic E-state index is 0.152. The molecule has 0 unspecified atom stereocenters. The first kappa shape index (κ1) is 19.4. The minimum atomic E-state index is -0.449. The van der Waals surface area contributed by atoms with E-state index in [1.54, 1.807) is 0 Å². The third-order valence-electron chi connectivity index (χ3n) is 6.03. The van der Waals surface area contributed by atoms with Gasteiger partial charge in [0, 0.05) is 0 Å². The van der Waals surface area contributed by atoms with E-state index < -0.39 is 5.41 Å². The molecule has 0 saturated heterocycles. The van der Waals surface area contributed by atoms with Crippen molar-refractivity contribution in [2.45, 2.75) is 5.41 Å². The molecule has 0 fully saturated rings. The SMILES string of the molecule is NCOc1ccc(C2(c3ccc(OCN)cc3)c3ccccc3-c3ccccc32)cc1. The first-order chi connectivity index (χ1) is 15.3. The van der Waals surface area contributed by atoms with E-state index in [0.29, 0.717) is 0 Å². The van der Waals surface area contributed by atoms with Crippen molar-refractivity contribution in [1.82, 2.24) is 0 Å². The molecule has 0 aromatic heterocycles. The molecule has 4 aromatic carbocycles. The largest absolute Gasteiger partial charge is 0.479 e. The van der Waals surface area contributed by atoms with Gasteiger partial charge in [0.05, 0.1) is 5.41 Å². The maximum atomic E-state index is 5.56. The summed E-state index contributed by atoms with van der Waals surface area (Å²) in [5, 5.41) is 0. The van der Waals surface area contributed by atoms with Gasteiger partial charge in [-0.1, -0.05) is 72.8 Å². The molecule has 4 nitrogen and oxygen atoms in total. The molecule has 0 radical (unpaired) electrons. The normalized spacial score (nSPS) is 13.4. The molecule has 4 N–H and O–H groups in total. The average Bonchev–Trinajstić information content (AvgIpc) is 3.12. The number of nitrogens with two attached hydrogens (primary N) is 2. The second kappa shape index (κ2) is 7.91. The van der Waals surface area contributed by atoms with Crippen molar-refractivity contribution in [2.75, 3.05) is 13.5 Å². The Labute approximate surface area is 182 Å². The summed E-state index contributed by atoms with van der Waals surface area (Å²) in [4.78, 5) is 0. The highest BCUT2D eigenvalue weighted by atomic mass is 16.5. The number of rotatable bonds is 6. The molecule has 0 bridgehead atoms. The quantitative estimate of drug-likeness (QED) is 0.402. The van der Waals surface area contributed by atoms with Gasteiger partial charge < -0.3 is 9.47 Å². The van der Waals surface area contributed by atoms with E-state index in [2.05, 4.69) is 72.8 Å². The van der Waals surface area contributed by atoms with E-state index in [-0.39, 0.29) is 13.5 Å². The lowest BCUT2D eigenvalue weighted by atomic mass is 9.68. The molecule has 0 heterocycles. The highest BCUT2D eigenvalue weighted by Crippen LogP contribution is 2.56. The van der Waals surface area contributed by atoms with Crippen LogP contribution in [0.4, 0.5) is 0 Å². The maximum absolute atomic E-state index is 5.56. The van der Waals surface area contributed by atoms with Crippen molar-refractivity contribution in [3.05, 3.63) is 119 Å². The first-order valence-corrected chi connectivity index (χ1v) is 10.3. The standard InChI is InChI=1S/C27H24N2O2/c28-17-30-21-13-9-19(10-14-21)27(20-11-15-22(16-12-20)31-18-29)25-7-3-1-5-23(25)24-6-2-4-8-26(24)27/h1-16H,17-18,28-29H2.